The van der Waals surface area contributed by atoms with Gasteiger partial charge in [-0.25, -0.2) is 10.1 Å². The number of nitrogens with one attached hydrogen (secondary N) is 2. The Morgan fingerprint density at radius 2 is 1.76 bits per heavy atom. The molecule has 1 aromatic heterocycles. The molecule has 0 unspecified atom stereocenters. The van der Waals surface area contributed by atoms with Gasteiger partial charge in [0.25, 0.3) is 10.2 Å². The summed E-state index contributed by atoms with van der Waals surface area (Å²) in [7, 11) is -3.96. The molecule has 0 aliphatic heterocycles. The number of aromatic nitrogens is 2. The molecule has 170 valence electrons. The van der Waals surface area contributed by atoms with Gasteiger partial charge in [0.2, 0.25) is 0 Å². The second kappa shape index (κ2) is 8.38. The molecule has 0 aliphatic carbocycles. The van der Waals surface area contributed by atoms with Crippen molar-refractivity contribution in [2.24, 2.45) is 5.14 Å². The number of fused-ring (bicyclic) bond motifs is 1. The van der Waals surface area contributed by atoms with Crippen molar-refractivity contribution in [2.75, 3.05) is 4.72 Å². The van der Waals surface area contributed by atoms with Crippen LogP contribution in [-0.4, -0.2) is 18.4 Å². The lowest BCUT2D eigenvalue weighted by molar-refractivity contribution is -0.137. The van der Waals surface area contributed by atoms with E-state index in [1.54, 1.807) is 31.2 Å². The van der Waals surface area contributed by atoms with E-state index in [9.17, 15) is 21.6 Å². The van der Waals surface area contributed by atoms with Crippen LogP contribution in [0.4, 0.5) is 18.9 Å². The third-order valence-electron chi connectivity index (χ3n) is 5.00. The fourth-order valence-corrected chi connectivity index (χ4v) is 3.97. The minimum absolute atomic E-state index is 0.386. The topological polar surface area (TPSA) is 101 Å². The number of hydrogen-bond acceptors (Lipinski definition) is 3. The number of nitrogens with zero attached hydrogens (tertiary/aromatic N) is 1. The standard InChI is InChI=1S/C23H19F3N4O2S/c1-14-3-2-4-18(22(14)30-33(27,31)32)16-8-11-19-20(13-16)29-21(28-19)12-7-15-5-9-17(10-6-15)23(24,25)26/h2-13,30H,1H3,(H,28,29)(H2,27,31,32). The number of imidazole rings is 1. The number of halogens is 3. The van der Waals surface area contributed by atoms with Crippen LogP contribution in [0.15, 0.2) is 60.7 Å². The van der Waals surface area contributed by atoms with Gasteiger partial charge >= 0.3 is 6.18 Å². The molecular weight excluding hydrogens is 453 g/mol. The number of aryl methyl sites for hydroxylation is 1. The van der Waals surface area contributed by atoms with E-state index in [1.165, 1.54) is 12.1 Å². The van der Waals surface area contributed by atoms with Crippen molar-refractivity contribution in [3.05, 3.63) is 83.2 Å². The van der Waals surface area contributed by atoms with Crippen molar-refractivity contribution in [1.82, 2.24) is 9.97 Å². The molecule has 6 nitrogen and oxygen atoms in total. The zero-order chi connectivity index (χ0) is 23.8. The predicted octanol–water partition coefficient (Wildman–Crippen LogP) is 5.34. The summed E-state index contributed by atoms with van der Waals surface area (Å²) < 4.78 is 63.6. The molecule has 33 heavy (non-hydrogen) atoms. The summed E-state index contributed by atoms with van der Waals surface area (Å²) in [6, 6.07) is 15.6. The van der Waals surface area contributed by atoms with Gasteiger partial charge in [0.15, 0.2) is 0 Å². The summed E-state index contributed by atoms with van der Waals surface area (Å²) in [4.78, 5) is 7.65. The van der Waals surface area contributed by atoms with E-state index in [4.69, 9.17) is 5.14 Å². The molecule has 0 spiro atoms. The summed E-state index contributed by atoms with van der Waals surface area (Å²) in [6.07, 6.45) is -1.05. The van der Waals surface area contributed by atoms with Gasteiger partial charge in [-0.15, -0.1) is 0 Å². The van der Waals surface area contributed by atoms with Gasteiger partial charge < -0.3 is 4.98 Å². The van der Waals surface area contributed by atoms with Crippen molar-refractivity contribution in [2.45, 2.75) is 13.1 Å². The Morgan fingerprint density at radius 1 is 1.03 bits per heavy atom. The first-order valence-electron chi connectivity index (χ1n) is 9.75. The zero-order valence-electron chi connectivity index (χ0n) is 17.3. The number of H-pyrrole nitrogens is 1. The van der Waals surface area contributed by atoms with Gasteiger partial charge in [0.05, 0.1) is 22.3 Å². The SMILES string of the molecule is Cc1cccc(-c2ccc3[nH]c(C=Cc4ccc(C(F)(F)F)cc4)nc3c2)c1NS(N)(=O)=O. The van der Waals surface area contributed by atoms with Gasteiger partial charge in [-0.05, 0) is 54.0 Å². The lowest BCUT2D eigenvalue weighted by atomic mass is 10.0. The first-order valence-corrected chi connectivity index (χ1v) is 11.3. The molecule has 0 bridgehead atoms. The first kappa shape index (κ1) is 22.6. The molecule has 4 N–H and O–H groups in total. The third kappa shape index (κ3) is 5.24. The number of aromatic amines is 1. The highest BCUT2D eigenvalue weighted by Gasteiger charge is 2.29. The quantitative estimate of drug-likeness (QED) is 0.365. The van der Waals surface area contributed by atoms with E-state index >= 15 is 0 Å². The van der Waals surface area contributed by atoms with E-state index in [-0.39, 0.29) is 0 Å². The molecule has 3 aromatic carbocycles. The van der Waals surface area contributed by atoms with Crippen LogP contribution < -0.4 is 9.86 Å². The summed E-state index contributed by atoms with van der Waals surface area (Å²) in [6.45, 7) is 1.77. The van der Waals surface area contributed by atoms with Crippen molar-refractivity contribution >= 4 is 39.1 Å². The maximum atomic E-state index is 12.7. The molecule has 4 rings (SSSR count). The molecular formula is C23H19F3N4O2S. The Kier molecular flexibility index (Phi) is 5.73. The van der Waals surface area contributed by atoms with E-state index in [0.717, 1.165) is 23.2 Å². The second-order valence-corrected chi connectivity index (χ2v) is 8.75. The van der Waals surface area contributed by atoms with E-state index in [2.05, 4.69) is 14.7 Å². The molecule has 1 heterocycles. The van der Waals surface area contributed by atoms with Crippen LogP contribution >= 0.6 is 0 Å². The number of benzene rings is 3. The fraction of sp³-hybridized carbons (Fsp3) is 0.0870. The van der Waals surface area contributed by atoms with Crippen LogP contribution in [0.3, 0.4) is 0 Å². The van der Waals surface area contributed by atoms with Gasteiger partial charge in [0.1, 0.15) is 5.82 Å². The zero-order valence-corrected chi connectivity index (χ0v) is 18.1. The highest BCUT2D eigenvalue weighted by atomic mass is 32.2. The summed E-state index contributed by atoms with van der Waals surface area (Å²) in [5.74, 6) is 0.522. The number of hydrogen-bond donors (Lipinski definition) is 3. The third-order valence-corrected chi connectivity index (χ3v) is 5.49. The minimum atomic E-state index is -4.38. The second-order valence-electron chi connectivity index (χ2n) is 7.45. The number of para-hydroxylation sites is 1. The Hall–Kier alpha value is -3.63. The van der Waals surface area contributed by atoms with E-state index in [0.29, 0.717) is 33.7 Å². The number of nitrogens with two attached hydrogens (primary N) is 1. The highest BCUT2D eigenvalue weighted by Crippen LogP contribution is 2.33. The van der Waals surface area contributed by atoms with Crippen LogP contribution in [0.5, 0.6) is 0 Å². The smallest absolute Gasteiger partial charge is 0.338 e. The van der Waals surface area contributed by atoms with Crippen LogP contribution in [0, 0.1) is 6.92 Å². The highest BCUT2D eigenvalue weighted by molar-refractivity contribution is 7.90. The van der Waals surface area contributed by atoms with Crippen LogP contribution in [0.1, 0.15) is 22.5 Å². The van der Waals surface area contributed by atoms with Crippen LogP contribution in [-0.2, 0) is 16.4 Å². The molecule has 0 radical (unpaired) electrons. The summed E-state index contributed by atoms with van der Waals surface area (Å²) in [5.41, 5.74) is 3.77. The lowest BCUT2D eigenvalue weighted by Crippen LogP contribution is -2.22. The Labute approximate surface area is 188 Å². The van der Waals surface area contributed by atoms with Crippen molar-refractivity contribution in [1.29, 1.82) is 0 Å². The monoisotopic (exact) mass is 472 g/mol. The average Bonchev–Trinajstić information content (AvgIpc) is 3.14. The molecule has 0 aliphatic rings. The number of rotatable bonds is 5. The maximum Gasteiger partial charge on any atom is 0.416 e. The maximum absolute atomic E-state index is 12.7. The summed E-state index contributed by atoms with van der Waals surface area (Å²) >= 11 is 0. The Morgan fingerprint density at radius 3 is 2.42 bits per heavy atom. The molecule has 0 atom stereocenters. The van der Waals surface area contributed by atoms with Crippen molar-refractivity contribution < 1.29 is 21.6 Å². The van der Waals surface area contributed by atoms with Gasteiger partial charge in [-0.3, -0.25) is 4.72 Å². The Balaban J connectivity index is 1.64. The predicted molar refractivity (Wildman–Crippen MR) is 123 cm³/mol. The van der Waals surface area contributed by atoms with Crippen LogP contribution in [0.2, 0.25) is 0 Å². The Bertz CT molecular complexity index is 1460. The summed E-state index contributed by atoms with van der Waals surface area (Å²) in [5, 5.41) is 5.17. The van der Waals surface area contributed by atoms with E-state index < -0.39 is 21.9 Å². The molecule has 0 saturated carbocycles. The van der Waals surface area contributed by atoms with Gasteiger partial charge in [-0.2, -0.15) is 21.6 Å². The number of anilines is 1. The largest absolute Gasteiger partial charge is 0.416 e. The molecule has 0 saturated heterocycles. The average molecular weight is 472 g/mol. The van der Waals surface area contributed by atoms with Gasteiger partial charge in [0, 0.05) is 5.56 Å². The van der Waals surface area contributed by atoms with Crippen molar-refractivity contribution in [3.63, 3.8) is 0 Å². The molecule has 10 heteroatoms. The normalized spacial score (nSPS) is 12.5. The van der Waals surface area contributed by atoms with Crippen molar-refractivity contribution in [3.8, 4) is 11.1 Å². The first-order chi connectivity index (χ1) is 15.5. The minimum Gasteiger partial charge on any atom is -0.338 e. The fourth-order valence-electron chi connectivity index (χ4n) is 3.42. The lowest BCUT2D eigenvalue weighted by Gasteiger charge is -2.13. The van der Waals surface area contributed by atoms with Gasteiger partial charge in [-0.1, -0.05) is 42.5 Å². The molecule has 0 fully saturated rings. The van der Waals surface area contributed by atoms with Crippen LogP contribution in [0.25, 0.3) is 34.3 Å². The number of alkyl halides is 3. The van der Waals surface area contributed by atoms with E-state index in [1.807, 2.05) is 24.3 Å². The molecule has 0 amide bonds. The molecule has 4 aromatic rings.